The molecule has 1 saturated heterocycles. The van der Waals surface area contributed by atoms with Crippen LogP contribution < -0.4 is 5.32 Å². The third-order valence-electron chi connectivity index (χ3n) is 4.84. The van der Waals surface area contributed by atoms with E-state index in [9.17, 15) is 19.7 Å². The van der Waals surface area contributed by atoms with E-state index in [0.29, 0.717) is 34.3 Å². The van der Waals surface area contributed by atoms with Gasteiger partial charge in [-0.3, -0.25) is 19.7 Å². The molecule has 29 heavy (non-hydrogen) atoms. The van der Waals surface area contributed by atoms with Crippen molar-refractivity contribution in [1.82, 2.24) is 4.90 Å². The number of rotatable bonds is 5. The summed E-state index contributed by atoms with van der Waals surface area (Å²) in [6.45, 7) is 0.429. The molecule has 0 spiro atoms. The largest absolute Gasteiger partial charge is 0.330 e. The van der Waals surface area contributed by atoms with E-state index in [1.165, 1.54) is 11.0 Å². The molecule has 1 aliphatic heterocycles. The number of anilines is 1. The Morgan fingerprint density at radius 1 is 1.14 bits per heavy atom. The lowest BCUT2D eigenvalue weighted by atomic mass is 9.99. The molecule has 2 aromatic carbocycles. The van der Waals surface area contributed by atoms with Gasteiger partial charge in [0.1, 0.15) is 6.04 Å². The summed E-state index contributed by atoms with van der Waals surface area (Å²) in [6, 6.07) is 10.3. The number of nitrogens with zero attached hydrogens (tertiary/aromatic N) is 2. The van der Waals surface area contributed by atoms with Crippen LogP contribution in [0.1, 0.15) is 24.8 Å². The Hall–Kier alpha value is -2.64. The molecule has 2 aromatic rings. The summed E-state index contributed by atoms with van der Waals surface area (Å²) in [5.74, 6) is -0.632. The maximum absolute atomic E-state index is 12.9. The van der Waals surface area contributed by atoms with Crippen molar-refractivity contribution in [3.63, 3.8) is 0 Å². The fourth-order valence-corrected chi connectivity index (χ4v) is 3.70. The van der Waals surface area contributed by atoms with E-state index >= 15 is 0 Å². The second-order valence-corrected chi connectivity index (χ2v) is 7.59. The van der Waals surface area contributed by atoms with Crippen molar-refractivity contribution in [2.45, 2.75) is 31.7 Å². The molecule has 1 N–H and O–H groups in total. The number of carbonyl (C=O) groups excluding carboxylic acids is 2. The summed E-state index contributed by atoms with van der Waals surface area (Å²) in [6.07, 6.45) is 1.98. The SMILES string of the molecule is O=C(Nc1ccc(Cl)c(Cl)c1)C1CCCCN1C(=O)Cc1ccccc1[N+](=O)[O-]. The predicted octanol–water partition coefficient (Wildman–Crippen LogP) is 4.46. The zero-order valence-electron chi connectivity index (χ0n) is 15.4. The van der Waals surface area contributed by atoms with Crippen molar-refractivity contribution in [3.05, 3.63) is 68.2 Å². The van der Waals surface area contributed by atoms with E-state index in [-0.39, 0.29) is 23.9 Å². The molecule has 3 rings (SSSR count). The number of hydrogen-bond acceptors (Lipinski definition) is 4. The highest BCUT2D eigenvalue weighted by Gasteiger charge is 2.33. The molecule has 1 atom stereocenters. The first-order valence-electron chi connectivity index (χ1n) is 9.14. The highest BCUT2D eigenvalue weighted by Crippen LogP contribution is 2.27. The maximum Gasteiger partial charge on any atom is 0.273 e. The first kappa shape index (κ1) is 21.1. The zero-order valence-corrected chi connectivity index (χ0v) is 16.9. The monoisotopic (exact) mass is 435 g/mol. The third kappa shape index (κ3) is 5.05. The van der Waals surface area contributed by atoms with Crippen LogP contribution in [0.3, 0.4) is 0 Å². The number of benzene rings is 2. The van der Waals surface area contributed by atoms with Crippen LogP contribution in [-0.4, -0.2) is 34.2 Å². The van der Waals surface area contributed by atoms with Crippen molar-refractivity contribution in [2.75, 3.05) is 11.9 Å². The Labute approximate surface area is 177 Å². The van der Waals surface area contributed by atoms with Crippen LogP contribution in [0.4, 0.5) is 11.4 Å². The van der Waals surface area contributed by atoms with Crippen molar-refractivity contribution in [3.8, 4) is 0 Å². The van der Waals surface area contributed by atoms with Gasteiger partial charge in [-0.15, -0.1) is 0 Å². The van der Waals surface area contributed by atoms with Gasteiger partial charge in [0.2, 0.25) is 11.8 Å². The van der Waals surface area contributed by atoms with Crippen LogP contribution in [-0.2, 0) is 16.0 Å². The molecule has 9 heteroatoms. The third-order valence-corrected chi connectivity index (χ3v) is 5.58. The molecular weight excluding hydrogens is 417 g/mol. The Bertz CT molecular complexity index is 951. The van der Waals surface area contributed by atoms with Gasteiger partial charge in [-0.1, -0.05) is 41.4 Å². The zero-order chi connectivity index (χ0) is 21.0. The molecule has 1 fully saturated rings. The fourth-order valence-electron chi connectivity index (χ4n) is 3.40. The summed E-state index contributed by atoms with van der Waals surface area (Å²) in [4.78, 5) is 37.9. The van der Waals surface area contributed by atoms with Crippen LogP contribution in [0, 0.1) is 10.1 Å². The van der Waals surface area contributed by atoms with Gasteiger partial charge in [-0.2, -0.15) is 0 Å². The van der Waals surface area contributed by atoms with Crippen LogP contribution >= 0.6 is 23.2 Å². The van der Waals surface area contributed by atoms with Gasteiger partial charge < -0.3 is 10.2 Å². The van der Waals surface area contributed by atoms with Crippen LogP contribution in [0.25, 0.3) is 0 Å². The second kappa shape index (κ2) is 9.24. The van der Waals surface area contributed by atoms with Crippen molar-refractivity contribution in [1.29, 1.82) is 0 Å². The number of carbonyl (C=O) groups is 2. The number of halogens is 2. The number of piperidine rings is 1. The topological polar surface area (TPSA) is 92.6 Å². The van der Waals surface area contributed by atoms with Gasteiger partial charge >= 0.3 is 0 Å². The van der Waals surface area contributed by atoms with E-state index in [4.69, 9.17) is 23.2 Å². The Kier molecular flexibility index (Phi) is 6.71. The Morgan fingerprint density at radius 3 is 2.62 bits per heavy atom. The van der Waals surface area contributed by atoms with E-state index in [1.807, 2.05) is 0 Å². The average Bonchev–Trinajstić information content (AvgIpc) is 2.71. The van der Waals surface area contributed by atoms with Gasteiger partial charge in [0.25, 0.3) is 5.69 Å². The Morgan fingerprint density at radius 2 is 1.90 bits per heavy atom. The van der Waals surface area contributed by atoms with Crippen LogP contribution in [0.5, 0.6) is 0 Å². The normalized spacial score (nSPS) is 16.3. The molecule has 0 aromatic heterocycles. The number of nitrogens with one attached hydrogen (secondary N) is 1. The van der Waals surface area contributed by atoms with Crippen molar-refractivity contribution in [2.24, 2.45) is 0 Å². The predicted molar refractivity (Wildman–Crippen MR) is 111 cm³/mol. The minimum Gasteiger partial charge on any atom is -0.330 e. The smallest absolute Gasteiger partial charge is 0.273 e. The van der Waals surface area contributed by atoms with Crippen molar-refractivity contribution < 1.29 is 14.5 Å². The lowest BCUT2D eigenvalue weighted by molar-refractivity contribution is -0.385. The van der Waals surface area contributed by atoms with E-state index in [0.717, 1.165) is 12.8 Å². The van der Waals surface area contributed by atoms with Gasteiger partial charge in [-0.05, 0) is 37.5 Å². The second-order valence-electron chi connectivity index (χ2n) is 6.78. The van der Waals surface area contributed by atoms with E-state index < -0.39 is 11.0 Å². The number of hydrogen-bond donors (Lipinski definition) is 1. The lowest BCUT2D eigenvalue weighted by Gasteiger charge is -2.34. The summed E-state index contributed by atoms with van der Waals surface area (Å²) < 4.78 is 0. The minimum absolute atomic E-state index is 0.102. The molecule has 1 heterocycles. The Balaban J connectivity index is 1.75. The maximum atomic E-state index is 12.9. The van der Waals surface area contributed by atoms with Crippen LogP contribution in [0.15, 0.2) is 42.5 Å². The summed E-state index contributed by atoms with van der Waals surface area (Å²) in [5.41, 5.74) is 0.715. The molecule has 152 valence electrons. The number of amides is 2. The first-order chi connectivity index (χ1) is 13.9. The molecule has 0 radical (unpaired) electrons. The van der Waals surface area contributed by atoms with Crippen LogP contribution in [0.2, 0.25) is 10.0 Å². The minimum atomic E-state index is -0.645. The van der Waals surface area contributed by atoms with Gasteiger partial charge in [0.15, 0.2) is 0 Å². The molecule has 0 saturated carbocycles. The first-order valence-corrected chi connectivity index (χ1v) is 9.90. The molecule has 1 unspecified atom stereocenters. The highest BCUT2D eigenvalue weighted by molar-refractivity contribution is 6.42. The highest BCUT2D eigenvalue weighted by atomic mass is 35.5. The number of para-hydroxylation sites is 1. The van der Waals surface area contributed by atoms with E-state index in [2.05, 4.69) is 5.32 Å². The molecule has 7 nitrogen and oxygen atoms in total. The molecule has 2 amide bonds. The number of likely N-dealkylation sites (tertiary alicyclic amines) is 1. The van der Waals surface area contributed by atoms with E-state index in [1.54, 1.807) is 36.4 Å². The van der Waals surface area contributed by atoms with Crippen molar-refractivity contribution >= 4 is 46.4 Å². The summed E-state index contributed by atoms with van der Waals surface area (Å²) >= 11 is 11.9. The lowest BCUT2D eigenvalue weighted by Crippen LogP contribution is -2.50. The summed E-state index contributed by atoms with van der Waals surface area (Å²) in [7, 11) is 0. The molecule has 0 aliphatic carbocycles. The fraction of sp³-hybridized carbons (Fsp3) is 0.300. The number of nitro groups is 1. The molecule has 0 bridgehead atoms. The quantitative estimate of drug-likeness (QED) is 0.553. The molecule has 1 aliphatic rings. The van der Waals surface area contributed by atoms with Gasteiger partial charge in [0, 0.05) is 23.9 Å². The molecular formula is C20H19Cl2N3O4. The average molecular weight is 436 g/mol. The summed E-state index contributed by atoms with van der Waals surface area (Å²) in [5, 5.41) is 14.7. The standard InChI is InChI=1S/C20H19Cl2N3O4/c21-15-9-8-14(12-16(15)22)23-20(27)18-7-3-4-10-24(18)19(26)11-13-5-1-2-6-17(13)25(28)29/h1-2,5-6,8-9,12,18H,3-4,7,10-11H2,(H,23,27). The number of nitro benzene ring substituents is 1. The van der Waals surface area contributed by atoms with Gasteiger partial charge in [0.05, 0.1) is 21.4 Å². The van der Waals surface area contributed by atoms with Gasteiger partial charge in [-0.25, -0.2) is 0 Å².